The fraction of sp³-hybridized carbons (Fsp3) is 0.273. The van der Waals surface area contributed by atoms with Crippen molar-refractivity contribution in [3.63, 3.8) is 0 Å². The number of nitrogens with zero attached hydrogens (tertiary/aromatic N) is 10. The van der Waals surface area contributed by atoms with Gasteiger partial charge in [-0.3, -0.25) is 4.79 Å². The van der Waals surface area contributed by atoms with Crippen LogP contribution in [0, 0.1) is 5.82 Å². The summed E-state index contributed by atoms with van der Waals surface area (Å²) in [6.45, 7) is 0.0655. The Morgan fingerprint density at radius 1 is 1.19 bits per heavy atom. The maximum Gasteiger partial charge on any atom is 0.293 e. The Labute approximate surface area is 202 Å². The monoisotopic (exact) mass is 489 g/mol. The van der Waals surface area contributed by atoms with E-state index in [9.17, 15) is 9.18 Å². The number of hydrogen-bond acceptors (Lipinski definition) is 9. The third kappa shape index (κ3) is 4.12. The number of hydrogen-bond donors (Lipinski definition) is 1. The maximum absolute atomic E-state index is 15.0. The third-order valence-corrected chi connectivity index (χ3v) is 5.96. The number of tetrazole rings is 2. The van der Waals surface area contributed by atoms with Gasteiger partial charge in [-0.25, -0.2) is 14.1 Å². The van der Waals surface area contributed by atoms with Crippen molar-refractivity contribution in [2.24, 2.45) is 0 Å². The van der Waals surface area contributed by atoms with Crippen molar-refractivity contribution in [2.45, 2.75) is 31.8 Å². The molecule has 0 bridgehead atoms. The van der Waals surface area contributed by atoms with Crippen LogP contribution in [0.25, 0.3) is 11.3 Å². The Morgan fingerprint density at radius 3 is 2.86 bits per heavy atom. The fourth-order valence-electron chi connectivity index (χ4n) is 3.99. The number of rotatable bonds is 8. The lowest BCUT2D eigenvalue weighted by atomic mass is 10.1. The maximum atomic E-state index is 15.0. The SMILES string of the molecule is COc1ccc(-n2cnnn2)c(CNC(=O)c2nnn(Cc3cn4cc(C5CC5)ccc4n3)n2)c1F. The van der Waals surface area contributed by atoms with E-state index in [1.807, 2.05) is 16.7 Å². The fourth-order valence-corrected chi connectivity index (χ4v) is 3.99. The van der Waals surface area contributed by atoms with Gasteiger partial charge in [0.15, 0.2) is 11.6 Å². The Kier molecular flexibility index (Phi) is 5.32. The molecule has 1 aliphatic carbocycles. The van der Waals surface area contributed by atoms with E-state index < -0.39 is 11.7 Å². The summed E-state index contributed by atoms with van der Waals surface area (Å²) in [5.41, 5.74) is 3.35. The van der Waals surface area contributed by atoms with Crippen LogP contribution in [-0.2, 0) is 13.1 Å². The van der Waals surface area contributed by atoms with Crippen LogP contribution in [0.4, 0.5) is 4.39 Å². The highest BCUT2D eigenvalue weighted by atomic mass is 19.1. The molecule has 1 fully saturated rings. The van der Waals surface area contributed by atoms with Gasteiger partial charge < -0.3 is 14.5 Å². The summed E-state index contributed by atoms with van der Waals surface area (Å²) >= 11 is 0. The second-order valence-electron chi connectivity index (χ2n) is 8.39. The molecule has 14 heteroatoms. The molecular weight excluding hydrogens is 469 g/mol. The Bertz CT molecular complexity index is 1560. The van der Waals surface area contributed by atoms with Crippen molar-refractivity contribution in [3.8, 4) is 11.4 Å². The number of pyridine rings is 1. The van der Waals surface area contributed by atoms with Crippen molar-refractivity contribution in [1.29, 1.82) is 0 Å². The number of imidazole rings is 1. The Balaban J connectivity index is 1.16. The highest BCUT2D eigenvalue weighted by Gasteiger charge is 2.24. The molecule has 0 aliphatic heterocycles. The van der Waals surface area contributed by atoms with Crippen LogP contribution in [-0.4, -0.2) is 62.8 Å². The quantitative estimate of drug-likeness (QED) is 0.341. The molecule has 13 nitrogen and oxygen atoms in total. The van der Waals surface area contributed by atoms with Crippen LogP contribution in [0.3, 0.4) is 0 Å². The standard InChI is InChI=1S/C22H20FN11O2/c1-36-18-6-5-17(33-12-25-29-31-33)16(20(18)23)8-24-22(35)21-27-30-34(28-21)11-15-10-32-9-14(13-2-3-13)4-7-19(32)26-15/h4-7,9-10,12-13H,2-3,8,11H2,1H3,(H,24,35). The predicted molar refractivity (Wildman–Crippen MR) is 121 cm³/mol. The van der Waals surface area contributed by atoms with E-state index in [0.717, 1.165) is 11.3 Å². The molecule has 4 aromatic heterocycles. The van der Waals surface area contributed by atoms with E-state index >= 15 is 0 Å². The zero-order valence-electron chi connectivity index (χ0n) is 19.1. The minimum absolute atomic E-state index is 0.0249. The minimum Gasteiger partial charge on any atom is -0.494 e. The molecule has 1 amide bonds. The summed E-state index contributed by atoms with van der Waals surface area (Å²) in [4.78, 5) is 18.6. The van der Waals surface area contributed by atoms with E-state index in [-0.39, 0.29) is 30.2 Å². The van der Waals surface area contributed by atoms with Gasteiger partial charge in [-0.15, -0.1) is 15.3 Å². The Morgan fingerprint density at radius 2 is 2.08 bits per heavy atom. The molecule has 0 unspecified atom stereocenters. The third-order valence-electron chi connectivity index (χ3n) is 5.96. The van der Waals surface area contributed by atoms with Crippen molar-refractivity contribution in [3.05, 3.63) is 71.4 Å². The molecule has 182 valence electrons. The van der Waals surface area contributed by atoms with E-state index in [1.165, 1.54) is 47.4 Å². The molecule has 0 saturated heterocycles. The lowest BCUT2D eigenvalue weighted by Crippen LogP contribution is -2.25. The van der Waals surface area contributed by atoms with Crippen LogP contribution in [0.1, 0.15) is 46.2 Å². The summed E-state index contributed by atoms with van der Waals surface area (Å²) in [7, 11) is 1.36. The van der Waals surface area contributed by atoms with Gasteiger partial charge in [0.25, 0.3) is 11.7 Å². The number of amides is 1. The van der Waals surface area contributed by atoms with Crippen LogP contribution < -0.4 is 10.1 Å². The van der Waals surface area contributed by atoms with Crippen LogP contribution >= 0.6 is 0 Å². The zero-order chi connectivity index (χ0) is 24.6. The summed E-state index contributed by atoms with van der Waals surface area (Å²) in [5.74, 6) is -0.735. The van der Waals surface area contributed by atoms with Gasteiger partial charge in [0.2, 0.25) is 0 Å². The molecule has 1 N–H and O–H groups in total. The van der Waals surface area contributed by atoms with Gasteiger partial charge in [-0.1, -0.05) is 6.07 Å². The number of carbonyl (C=O) groups is 1. The number of aromatic nitrogens is 10. The molecule has 1 aliphatic rings. The van der Waals surface area contributed by atoms with Gasteiger partial charge in [-0.05, 0) is 58.2 Å². The minimum atomic E-state index is -0.640. The first kappa shape index (κ1) is 21.8. The van der Waals surface area contributed by atoms with Gasteiger partial charge in [0.05, 0.1) is 18.5 Å². The van der Waals surface area contributed by atoms with Crippen LogP contribution in [0.15, 0.2) is 43.0 Å². The molecule has 4 heterocycles. The van der Waals surface area contributed by atoms with Crippen molar-refractivity contribution < 1.29 is 13.9 Å². The van der Waals surface area contributed by atoms with E-state index in [2.05, 4.69) is 53.5 Å². The normalized spacial score (nSPS) is 13.3. The number of ether oxygens (including phenoxy) is 1. The molecule has 0 spiro atoms. The number of methoxy groups -OCH3 is 1. The first-order valence-electron chi connectivity index (χ1n) is 11.2. The van der Waals surface area contributed by atoms with Crippen molar-refractivity contribution in [2.75, 3.05) is 7.11 Å². The summed E-state index contributed by atoms with van der Waals surface area (Å²) in [6.07, 6.45) is 7.79. The lowest BCUT2D eigenvalue weighted by molar-refractivity contribution is 0.0939. The van der Waals surface area contributed by atoms with Crippen molar-refractivity contribution in [1.82, 2.24) is 55.1 Å². The summed E-state index contributed by atoms with van der Waals surface area (Å²) < 4.78 is 23.3. The Hall–Kier alpha value is -4.75. The first-order chi connectivity index (χ1) is 17.6. The number of benzene rings is 1. The van der Waals surface area contributed by atoms with Gasteiger partial charge >= 0.3 is 0 Å². The van der Waals surface area contributed by atoms with E-state index in [4.69, 9.17) is 4.74 Å². The van der Waals surface area contributed by atoms with E-state index in [0.29, 0.717) is 11.6 Å². The molecule has 36 heavy (non-hydrogen) atoms. The number of nitrogens with one attached hydrogen (secondary N) is 1. The smallest absolute Gasteiger partial charge is 0.293 e. The number of halogens is 1. The predicted octanol–water partition coefficient (Wildman–Crippen LogP) is 1.30. The molecule has 0 atom stereocenters. The first-order valence-corrected chi connectivity index (χ1v) is 11.2. The van der Waals surface area contributed by atoms with Gasteiger partial charge in [0.1, 0.15) is 18.5 Å². The van der Waals surface area contributed by atoms with Crippen molar-refractivity contribution >= 4 is 11.6 Å². The average Bonchev–Trinajstić information content (AvgIpc) is 3.24. The van der Waals surface area contributed by atoms with E-state index in [1.54, 1.807) is 6.07 Å². The number of fused-ring (bicyclic) bond motifs is 1. The molecule has 6 rings (SSSR count). The largest absolute Gasteiger partial charge is 0.494 e. The highest BCUT2D eigenvalue weighted by Crippen LogP contribution is 2.39. The number of carbonyl (C=O) groups excluding carboxylic acids is 1. The topological polar surface area (TPSA) is 143 Å². The highest BCUT2D eigenvalue weighted by molar-refractivity contribution is 5.90. The lowest BCUT2D eigenvalue weighted by Gasteiger charge is -2.13. The molecule has 1 saturated carbocycles. The van der Waals surface area contributed by atoms with Crippen LogP contribution in [0.2, 0.25) is 0 Å². The molecule has 1 aromatic carbocycles. The second-order valence-corrected chi connectivity index (χ2v) is 8.39. The van der Waals surface area contributed by atoms with Crippen LogP contribution in [0.5, 0.6) is 5.75 Å². The summed E-state index contributed by atoms with van der Waals surface area (Å²) in [6, 6.07) is 7.15. The molecule has 5 aromatic rings. The summed E-state index contributed by atoms with van der Waals surface area (Å²) in [5, 5.41) is 25.5. The van der Waals surface area contributed by atoms with Gasteiger partial charge in [0, 0.05) is 24.5 Å². The molecular formula is C22H20FN11O2. The average molecular weight is 489 g/mol. The second kappa shape index (κ2) is 8.79. The molecule has 0 radical (unpaired) electrons. The zero-order valence-corrected chi connectivity index (χ0v) is 19.1. The van der Waals surface area contributed by atoms with Gasteiger partial charge in [-0.2, -0.15) is 4.80 Å².